The first-order valence-electron chi connectivity index (χ1n) is 25.7. The molecule has 60 heavy (non-hydrogen) atoms. The van der Waals surface area contributed by atoms with Crippen molar-refractivity contribution in [1.82, 2.24) is 5.32 Å². The number of aliphatic hydroxyl groups is 4. The third kappa shape index (κ3) is 41.4. The van der Waals surface area contributed by atoms with E-state index in [1.54, 1.807) is 0 Å². The van der Waals surface area contributed by atoms with Gasteiger partial charge in [0.15, 0.2) is 0 Å². The number of carbonyl (C=O) groups is 1. The van der Waals surface area contributed by atoms with E-state index in [1.807, 2.05) is 0 Å². The number of hydrogen-bond acceptors (Lipinski definition) is 5. The Balaban J connectivity index is 3.80. The van der Waals surface area contributed by atoms with Gasteiger partial charge in [0.2, 0.25) is 5.91 Å². The van der Waals surface area contributed by atoms with Gasteiger partial charge < -0.3 is 25.7 Å². The van der Waals surface area contributed by atoms with Gasteiger partial charge in [-0.05, 0) is 96.3 Å². The summed E-state index contributed by atoms with van der Waals surface area (Å²) in [6, 6.07) is -1.02. The van der Waals surface area contributed by atoms with Crippen LogP contribution in [-0.2, 0) is 4.79 Å². The summed E-state index contributed by atoms with van der Waals surface area (Å²) in [5, 5.41) is 43.8. The zero-order valence-corrected chi connectivity index (χ0v) is 39.4. The van der Waals surface area contributed by atoms with Crippen LogP contribution in [0.2, 0.25) is 0 Å². The lowest BCUT2D eigenvalue weighted by Crippen LogP contribution is -2.53. The molecule has 0 saturated carbocycles. The van der Waals surface area contributed by atoms with Crippen LogP contribution in [0.25, 0.3) is 0 Å². The van der Waals surface area contributed by atoms with E-state index in [0.29, 0.717) is 19.3 Å². The number of rotatable bonds is 46. The van der Waals surface area contributed by atoms with Crippen LogP contribution in [0, 0.1) is 0 Å². The molecule has 0 saturated heterocycles. The highest BCUT2D eigenvalue weighted by atomic mass is 16.3. The molecule has 4 unspecified atom stereocenters. The van der Waals surface area contributed by atoms with Crippen molar-refractivity contribution >= 4 is 5.91 Å². The predicted octanol–water partition coefficient (Wildman–Crippen LogP) is 14.4. The molecular formula is C54H99NO5. The summed E-state index contributed by atoms with van der Waals surface area (Å²) in [4.78, 5) is 12.6. The minimum absolute atomic E-state index is 0.344. The van der Waals surface area contributed by atoms with Crippen LogP contribution in [0.3, 0.4) is 0 Å². The SMILES string of the molecule is CCCCCCCCCCC/C=C\C/C=C\CCCCCCCCC(O)C(=O)NC(CO)C(O)C(O)CCC/C=C/CC/C=C/CC/C=C/CCCCCCCCCCC. The number of aliphatic hydroxyl groups excluding tert-OH is 4. The average molecular weight is 842 g/mol. The maximum atomic E-state index is 12.6. The Morgan fingerprint density at radius 3 is 1.15 bits per heavy atom. The van der Waals surface area contributed by atoms with E-state index in [9.17, 15) is 25.2 Å². The molecule has 0 aromatic heterocycles. The molecule has 0 aromatic rings. The number of amides is 1. The Labute approximate surface area is 372 Å². The van der Waals surface area contributed by atoms with Crippen molar-refractivity contribution in [2.24, 2.45) is 0 Å². The molecule has 0 fully saturated rings. The summed E-state index contributed by atoms with van der Waals surface area (Å²) >= 11 is 0. The molecule has 6 heteroatoms. The quantitative estimate of drug-likeness (QED) is 0.0310. The van der Waals surface area contributed by atoms with Gasteiger partial charge in [-0.15, -0.1) is 0 Å². The van der Waals surface area contributed by atoms with Crippen molar-refractivity contribution in [2.45, 2.75) is 269 Å². The van der Waals surface area contributed by atoms with Gasteiger partial charge in [-0.2, -0.15) is 0 Å². The summed E-state index contributed by atoms with van der Waals surface area (Å²) < 4.78 is 0. The molecule has 0 aromatic carbocycles. The fourth-order valence-corrected chi connectivity index (χ4v) is 7.58. The zero-order chi connectivity index (χ0) is 43.8. The number of allylic oxidation sites excluding steroid dienone is 10. The van der Waals surface area contributed by atoms with Crippen LogP contribution in [0.15, 0.2) is 60.8 Å². The first-order chi connectivity index (χ1) is 29.5. The van der Waals surface area contributed by atoms with E-state index < -0.39 is 36.9 Å². The van der Waals surface area contributed by atoms with Gasteiger partial charge in [-0.1, -0.05) is 209 Å². The fourth-order valence-electron chi connectivity index (χ4n) is 7.58. The maximum Gasteiger partial charge on any atom is 0.249 e. The predicted molar refractivity (Wildman–Crippen MR) is 260 cm³/mol. The monoisotopic (exact) mass is 842 g/mol. The molecule has 350 valence electrons. The van der Waals surface area contributed by atoms with Crippen LogP contribution < -0.4 is 5.32 Å². The summed E-state index contributed by atoms with van der Waals surface area (Å²) in [6.45, 7) is 4.04. The number of nitrogens with one attached hydrogen (secondary N) is 1. The smallest absolute Gasteiger partial charge is 0.249 e. The molecule has 0 bridgehead atoms. The lowest BCUT2D eigenvalue weighted by atomic mass is 10.00. The first-order valence-corrected chi connectivity index (χ1v) is 25.7. The standard InChI is InChI=1S/C54H99NO5/c1-3-5-7-9-11-13-15-17-19-21-23-25-27-29-31-33-35-37-39-41-43-45-47-51(57)53(59)50(49-56)55-54(60)52(58)48-46-44-42-40-38-36-34-32-30-28-26-24-22-20-18-16-14-12-10-8-6-4-2/h23-26,30-33,39,41,50-53,56-59H,3-22,27-29,34-38,40,42-49H2,1-2H3,(H,55,60)/b25-23+,26-24-,32-30-,33-31+,41-39+. The van der Waals surface area contributed by atoms with E-state index in [2.05, 4.69) is 79.9 Å². The van der Waals surface area contributed by atoms with Crippen molar-refractivity contribution in [3.8, 4) is 0 Å². The molecule has 0 rings (SSSR count). The molecule has 0 aliphatic carbocycles. The lowest BCUT2D eigenvalue weighted by molar-refractivity contribution is -0.132. The third-order valence-electron chi connectivity index (χ3n) is 11.7. The molecule has 4 atom stereocenters. The van der Waals surface area contributed by atoms with Crippen LogP contribution in [-0.4, -0.2) is 57.3 Å². The van der Waals surface area contributed by atoms with Crippen molar-refractivity contribution in [3.05, 3.63) is 60.8 Å². The van der Waals surface area contributed by atoms with Crippen molar-refractivity contribution < 1.29 is 25.2 Å². The summed E-state index contributed by atoms with van der Waals surface area (Å²) in [7, 11) is 0. The summed E-state index contributed by atoms with van der Waals surface area (Å²) in [6.07, 6.45) is 61.2. The van der Waals surface area contributed by atoms with Gasteiger partial charge in [0.25, 0.3) is 0 Å². The molecule has 0 radical (unpaired) electrons. The Hall–Kier alpha value is -1.99. The summed E-state index contributed by atoms with van der Waals surface area (Å²) in [5.74, 6) is -0.608. The van der Waals surface area contributed by atoms with Gasteiger partial charge in [0.1, 0.15) is 12.2 Å². The van der Waals surface area contributed by atoms with Gasteiger partial charge in [0, 0.05) is 0 Å². The highest BCUT2D eigenvalue weighted by Crippen LogP contribution is 2.15. The molecule has 1 amide bonds. The van der Waals surface area contributed by atoms with E-state index >= 15 is 0 Å². The summed E-state index contributed by atoms with van der Waals surface area (Å²) in [5.41, 5.74) is 0. The number of carbonyl (C=O) groups excluding carboxylic acids is 1. The van der Waals surface area contributed by atoms with Crippen molar-refractivity contribution in [3.63, 3.8) is 0 Å². The highest BCUT2D eigenvalue weighted by molar-refractivity contribution is 5.80. The zero-order valence-electron chi connectivity index (χ0n) is 39.4. The first kappa shape index (κ1) is 58.0. The minimum atomic E-state index is -1.30. The number of unbranched alkanes of at least 4 members (excludes halogenated alkanes) is 27. The fraction of sp³-hybridized carbons (Fsp3) is 0.796. The lowest BCUT2D eigenvalue weighted by Gasteiger charge is -2.27. The van der Waals surface area contributed by atoms with Gasteiger partial charge >= 0.3 is 0 Å². The average Bonchev–Trinajstić information content (AvgIpc) is 3.25. The second-order valence-electron chi connectivity index (χ2n) is 17.5. The number of hydrogen-bond donors (Lipinski definition) is 5. The second-order valence-corrected chi connectivity index (χ2v) is 17.5. The minimum Gasteiger partial charge on any atom is -0.394 e. The van der Waals surface area contributed by atoms with Crippen molar-refractivity contribution in [1.29, 1.82) is 0 Å². The topological polar surface area (TPSA) is 110 Å². The van der Waals surface area contributed by atoms with Crippen LogP contribution in [0.5, 0.6) is 0 Å². The van der Waals surface area contributed by atoms with E-state index in [4.69, 9.17) is 0 Å². The Bertz CT molecular complexity index is 1040. The van der Waals surface area contributed by atoms with Crippen molar-refractivity contribution in [2.75, 3.05) is 6.61 Å². The molecular weight excluding hydrogens is 743 g/mol. The maximum absolute atomic E-state index is 12.6. The molecule has 6 nitrogen and oxygen atoms in total. The Kier molecular flexibility index (Phi) is 46.5. The Morgan fingerprint density at radius 2 is 0.750 bits per heavy atom. The molecule has 0 aliphatic rings. The van der Waals surface area contributed by atoms with Crippen LogP contribution in [0.4, 0.5) is 0 Å². The highest BCUT2D eigenvalue weighted by Gasteiger charge is 2.28. The third-order valence-corrected chi connectivity index (χ3v) is 11.7. The largest absolute Gasteiger partial charge is 0.394 e. The molecule has 0 spiro atoms. The van der Waals surface area contributed by atoms with Crippen LogP contribution in [0.1, 0.15) is 245 Å². The second kappa shape index (κ2) is 48.0. The van der Waals surface area contributed by atoms with E-state index in [0.717, 1.165) is 70.6 Å². The molecule has 0 heterocycles. The molecule has 0 aliphatic heterocycles. The Morgan fingerprint density at radius 1 is 0.417 bits per heavy atom. The van der Waals surface area contributed by atoms with Gasteiger partial charge in [0.05, 0.1) is 18.8 Å². The molecule has 5 N–H and O–H groups in total. The van der Waals surface area contributed by atoms with Gasteiger partial charge in [-0.3, -0.25) is 4.79 Å². The van der Waals surface area contributed by atoms with Crippen LogP contribution >= 0.6 is 0 Å². The van der Waals surface area contributed by atoms with E-state index in [-0.39, 0.29) is 0 Å². The normalized spacial score (nSPS) is 14.4. The van der Waals surface area contributed by atoms with Gasteiger partial charge in [-0.25, -0.2) is 0 Å². The van der Waals surface area contributed by atoms with E-state index in [1.165, 1.54) is 141 Å².